The molecule has 0 aliphatic carbocycles. The average Bonchev–Trinajstić information content (AvgIpc) is 3.11. The Morgan fingerprint density at radius 1 is 1.25 bits per heavy atom. The van der Waals surface area contributed by atoms with Crippen LogP contribution >= 0.6 is 0 Å². The quantitative estimate of drug-likeness (QED) is 0.835. The second-order valence-electron chi connectivity index (χ2n) is 5.72. The third-order valence-corrected chi connectivity index (χ3v) is 4.13. The van der Waals surface area contributed by atoms with Crippen molar-refractivity contribution in [2.75, 3.05) is 13.2 Å². The summed E-state index contributed by atoms with van der Waals surface area (Å²) < 4.78 is 11.1. The molecular weight excluding hydrogens is 304 g/mol. The Hall–Kier alpha value is -2.56. The second-order valence-corrected chi connectivity index (χ2v) is 5.72. The van der Waals surface area contributed by atoms with Gasteiger partial charge in [0.2, 0.25) is 5.88 Å². The summed E-state index contributed by atoms with van der Waals surface area (Å²) in [7, 11) is 0. The van der Waals surface area contributed by atoms with E-state index in [0.717, 1.165) is 24.0 Å². The summed E-state index contributed by atoms with van der Waals surface area (Å²) in [6, 6.07) is 13.5. The smallest absolute Gasteiger partial charge is 0.410 e. The van der Waals surface area contributed by atoms with Gasteiger partial charge >= 0.3 is 6.09 Å². The monoisotopic (exact) mass is 326 g/mol. The topological polar surface area (TPSA) is 51.7 Å². The molecule has 2 aromatic rings. The zero-order valence-corrected chi connectivity index (χ0v) is 13.9. The summed E-state index contributed by atoms with van der Waals surface area (Å²) in [6.45, 7) is 3.46. The number of ether oxygens (including phenoxy) is 2. The first kappa shape index (κ1) is 16.3. The van der Waals surface area contributed by atoms with E-state index in [-0.39, 0.29) is 18.7 Å². The number of likely N-dealkylation sites (tertiary alicyclic amines) is 1. The molecule has 5 heteroatoms. The van der Waals surface area contributed by atoms with Crippen molar-refractivity contribution < 1.29 is 14.3 Å². The minimum absolute atomic E-state index is 0.0384. The van der Waals surface area contributed by atoms with Crippen molar-refractivity contribution in [2.24, 2.45) is 0 Å². The van der Waals surface area contributed by atoms with Gasteiger partial charge in [0.1, 0.15) is 6.61 Å². The van der Waals surface area contributed by atoms with Crippen LogP contribution in [-0.2, 0) is 11.3 Å². The van der Waals surface area contributed by atoms with Crippen LogP contribution in [0.25, 0.3) is 0 Å². The molecule has 1 aliphatic heterocycles. The molecule has 1 unspecified atom stereocenters. The van der Waals surface area contributed by atoms with Gasteiger partial charge in [-0.3, -0.25) is 0 Å². The maximum atomic E-state index is 12.5. The fourth-order valence-corrected chi connectivity index (χ4v) is 3.02. The van der Waals surface area contributed by atoms with Gasteiger partial charge in [-0.15, -0.1) is 0 Å². The van der Waals surface area contributed by atoms with Crippen LogP contribution in [0.2, 0.25) is 0 Å². The molecule has 0 N–H and O–H groups in total. The molecule has 1 aromatic heterocycles. The maximum Gasteiger partial charge on any atom is 0.410 e. The van der Waals surface area contributed by atoms with Gasteiger partial charge in [-0.25, -0.2) is 9.78 Å². The predicted octanol–water partition coefficient (Wildman–Crippen LogP) is 3.95. The minimum Gasteiger partial charge on any atom is -0.478 e. The van der Waals surface area contributed by atoms with Gasteiger partial charge in [0.15, 0.2) is 0 Å². The van der Waals surface area contributed by atoms with E-state index in [1.165, 1.54) is 0 Å². The van der Waals surface area contributed by atoms with Crippen LogP contribution in [0, 0.1) is 0 Å². The van der Waals surface area contributed by atoms with Crippen molar-refractivity contribution >= 4 is 6.09 Å². The fraction of sp³-hybridized carbons (Fsp3) is 0.368. The number of hydrogen-bond acceptors (Lipinski definition) is 4. The van der Waals surface area contributed by atoms with E-state index >= 15 is 0 Å². The zero-order valence-electron chi connectivity index (χ0n) is 13.9. The largest absolute Gasteiger partial charge is 0.478 e. The van der Waals surface area contributed by atoms with Crippen LogP contribution in [0.3, 0.4) is 0 Å². The summed E-state index contributed by atoms with van der Waals surface area (Å²) in [5, 5.41) is 0. The number of hydrogen-bond donors (Lipinski definition) is 0. The molecule has 3 rings (SSSR count). The third-order valence-electron chi connectivity index (χ3n) is 4.13. The number of carbonyl (C=O) groups excluding carboxylic acids is 1. The Balaban J connectivity index is 1.70. The number of amides is 1. The molecule has 1 atom stereocenters. The molecule has 5 nitrogen and oxygen atoms in total. The lowest BCUT2D eigenvalue weighted by Crippen LogP contribution is -2.31. The predicted molar refractivity (Wildman–Crippen MR) is 90.7 cm³/mol. The number of aromatic nitrogens is 1. The van der Waals surface area contributed by atoms with Crippen LogP contribution in [0.15, 0.2) is 48.7 Å². The maximum absolute atomic E-state index is 12.5. The lowest BCUT2D eigenvalue weighted by molar-refractivity contribution is 0.0915. The van der Waals surface area contributed by atoms with Crippen LogP contribution in [-0.4, -0.2) is 29.1 Å². The van der Waals surface area contributed by atoms with E-state index in [1.807, 2.05) is 49.4 Å². The van der Waals surface area contributed by atoms with Crippen molar-refractivity contribution in [2.45, 2.75) is 32.4 Å². The molecule has 0 saturated carbocycles. The van der Waals surface area contributed by atoms with Gasteiger partial charge in [-0.1, -0.05) is 36.4 Å². The molecule has 0 radical (unpaired) electrons. The van der Waals surface area contributed by atoms with Crippen LogP contribution in [0.5, 0.6) is 5.88 Å². The molecular formula is C19H22N2O3. The molecule has 1 amide bonds. The number of pyridine rings is 1. The van der Waals surface area contributed by atoms with Crippen molar-refractivity contribution in [1.29, 1.82) is 0 Å². The third kappa shape index (κ3) is 3.67. The van der Waals surface area contributed by atoms with Crippen molar-refractivity contribution in [3.05, 3.63) is 59.8 Å². The average molecular weight is 326 g/mol. The lowest BCUT2D eigenvalue weighted by atomic mass is 10.1. The second kappa shape index (κ2) is 7.81. The number of nitrogens with zero attached hydrogens (tertiary/aromatic N) is 2. The summed E-state index contributed by atoms with van der Waals surface area (Å²) in [5.41, 5.74) is 1.94. The highest BCUT2D eigenvalue weighted by atomic mass is 16.6. The molecule has 0 bridgehead atoms. The molecule has 24 heavy (non-hydrogen) atoms. The number of rotatable bonds is 5. The SMILES string of the molecule is CCOc1ncccc1C1CCCN1C(=O)OCc1ccccc1. The number of carbonyl (C=O) groups is 1. The Morgan fingerprint density at radius 2 is 2.08 bits per heavy atom. The lowest BCUT2D eigenvalue weighted by Gasteiger charge is -2.25. The molecule has 0 spiro atoms. The van der Waals surface area contributed by atoms with Gasteiger partial charge in [-0.2, -0.15) is 0 Å². The zero-order chi connectivity index (χ0) is 16.8. The van der Waals surface area contributed by atoms with E-state index in [0.29, 0.717) is 19.0 Å². The van der Waals surface area contributed by atoms with Crippen LogP contribution in [0.1, 0.15) is 36.9 Å². The van der Waals surface area contributed by atoms with Gasteiger partial charge in [0.05, 0.1) is 12.6 Å². The Morgan fingerprint density at radius 3 is 2.88 bits per heavy atom. The molecule has 1 saturated heterocycles. The van der Waals surface area contributed by atoms with Crippen LogP contribution in [0.4, 0.5) is 4.79 Å². The molecule has 1 aliphatic rings. The summed E-state index contributed by atoms with van der Waals surface area (Å²) in [4.78, 5) is 18.6. The fourth-order valence-electron chi connectivity index (χ4n) is 3.02. The van der Waals surface area contributed by atoms with Crippen molar-refractivity contribution in [3.63, 3.8) is 0 Å². The Kier molecular flexibility index (Phi) is 5.31. The molecule has 126 valence electrons. The van der Waals surface area contributed by atoms with Gasteiger partial charge in [0.25, 0.3) is 0 Å². The number of benzene rings is 1. The molecule has 1 fully saturated rings. The Labute approximate surface area is 142 Å². The van der Waals surface area contributed by atoms with E-state index in [4.69, 9.17) is 9.47 Å². The highest BCUT2D eigenvalue weighted by Gasteiger charge is 2.33. The molecule has 2 heterocycles. The standard InChI is InChI=1S/C19H22N2O3/c1-2-23-18-16(10-6-12-20-18)17-11-7-13-21(17)19(22)24-14-15-8-4-3-5-9-15/h3-6,8-10,12,17H,2,7,11,13-14H2,1H3. The van der Waals surface area contributed by atoms with E-state index < -0.39 is 0 Å². The minimum atomic E-state index is -0.285. The van der Waals surface area contributed by atoms with Gasteiger partial charge < -0.3 is 14.4 Å². The first-order valence-corrected chi connectivity index (χ1v) is 8.34. The first-order valence-electron chi connectivity index (χ1n) is 8.34. The van der Waals surface area contributed by atoms with E-state index in [1.54, 1.807) is 11.1 Å². The summed E-state index contributed by atoms with van der Waals surface area (Å²) >= 11 is 0. The van der Waals surface area contributed by atoms with E-state index in [9.17, 15) is 4.79 Å². The van der Waals surface area contributed by atoms with Gasteiger partial charge in [0, 0.05) is 18.3 Å². The highest BCUT2D eigenvalue weighted by molar-refractivity contribution is 5.69. The normalized spacial score (nSPS) is 16.9. The van der Waals surface area contributed by atoms with Crippen LogP contribution < -0.4 is 4.74 Å². The first-order chi connectivity index (χ1) is 11.8. The summed E-state index contributed by atoms with van der Waals surface area (Å²) in [5.74, 6) is 0.604. The molecule has 1 aromatic carbocycles. The van der Waals surface area contributed by atoms with E-state index in [2.05, 4.69) is 4.98 Å². The highest BCUT2D eigenvalue weighted by Crippen LogP contribution is 2.36. The van der Waals surface area contributed by atoms with Crippen molar-refractivity contribution in [3.8, 4) is 5.88 Å². The Bertz CT molecular complexity index is 675. The summed E-state index contributed by atoms with van der Waals surface area (Å²) in [6.07, 6.45) is 3.27. The van der Waals surface area contributed by atoms with Gasteiger partial charge in [-0.05, 0) is 31.4 Å². The van der Waals surface area contributed by atoms with Crippen molar-refractivity contribution in [1.82, 2.24) is 9.88 Å².